The number of aromatic nitrogens is 2. The lowest BCUT2D eigenvalue weighted by atomic mass is 10.1. The number of hydrogen-bond donors (Lipinski definition) is 1. The summed E-state index contributed by atoms with van der Waals surface area (Å²) >= 11 is 1.66. The molecule has 2 aromatic rings. The molecule has 0 saturated carbocycles. The molecule has 1 unspecified atom stereocenters. The maximum atomic E-state index is 11.1. The lowest BCUT2D eigenvalue weighted by molar-refractivity contribution is -0.140. The Kier molecular flexibility index (Phi) is 2.89. The van der Waals surface area contributed by atoms with Crippen LogP contribution >= 0.6 is 11.3 Å². The highest BCUT2D eigenvalue weighted by Gasteiger charge is 2.30. The molecule has 1 aliphatic rings. The Balaban J connectivity index is 2.04. The van der Waals surface area contributed by atoms with Crippen molar-refractivity contribution in [3.05, 3.63) is 16.8 Å². The van der Waals surface area contributed by atoms with Gasteiger partial charge in [-0.15, -0.1) is 11.3 Å². The van der Waals surface area contributed by atoms with E-state index in [2.05, 4.69) is 28.7 Å². The molecular weight excluding hydrogens is 262 g/mol. The Morgan fingerprint density at radius 2 is 2.26 bits per heavy atom. The van der Waals surface area contributed by atoms with Crippen molar-refractivity contribution in [2.75, 3.05) is 18.0 Å². The Morgan fingerprint density at radius 1 is 1.47 bits per heavy atom. The summed E-state index contributed by atoms with van der Waals surface area (Å²) in [5.74, 6) is -0.119. The summed E-state index contributed by atoms with van der Waals surface area (Å²) in [4.78, 5) is 24.1. The number of carbonyl (C=O) groups is 1. The molecule has 1 aliphatic heterocycles. The van der Waals surface area contributed by atoms with Crippen LogP contribution in [0.3, 0.4) is 0 Å². The van der Waals surface area contributed by atoms with Crippen LogP contribution in [-0.4, -0.2) is 34.1 Å². The summed E-state index contributed by atoms with van der Waals surface area (Å²) < 4.78 is 0. The Bertz CT molecular complexity index is 653. The van der Waals surface area contributed by atoms with Crippen LogP contribution in [0.15, 0.2) is 6.33 Å². The maximum absolute atomic E-state index is 11.1. The number of anilines is 1. The fraction of sp³-hybridized carbons (Fsp3) is 0.462. The monoisotopic (exact) mass is 277 g/mol. The summed E-state index contributed by atoms with van der Waals surface area (Å²) in [6.07, 6.45) is 2.25. The van der Waals surface area contributed by atoms with Gasteiger partial charge in [0.05, 0.1) is 11.3 Å². The van der Waals surface area contributed by atoms with Gasteiger partial charge in [-0.2, -0.15) is 0 Å². The van der Waals surface area contributed by atoms with Crippen molar-refractivity contribution in [3.63, 3.8) is 0 Å². The first-order valence-electron chi connectivity index (χ1n) is 6.26. The number of carboxylic acids is 1. The normalized spacial score (nSPS) is 19.3. The van der Waals surface area contributed by atoms with E-state index in [1.807, 2.05) is 0 Å². The summed E-state index contributed by atoms with van der Waals surface area (Å²) in [6.45, 7) is 5.44. The number of aliphatic carboxylic acids is 1. The van der Waals surface area contributed by atoms with Crippen molar-refractivity contribution in [2.45, 2.75) is 20.3 Å². The summed E-state index contributed by atoms with van der Waals surface area (Å²) in [5, 5.41) is 10.2. The second-order valence-electron chi connectivity index (χ2n) is 4.93. The third kappa shape index (κ3) is 1.96. The van der Waals surface area contributed by atoms with Crippen molar-refractivity contribution in [1.29, 1.82) is 0 Å². The number of nitrogens with zero attached hydrogens (tertiary/aromatic N) is 3. The van der Waals surface area contributed by atoms with Gasteiger partial charge in [-0.25, -0.2) is 9.97 Å². The van der Waals surface area contributed by atoms with Crippen LogP contribution in [0.2, 0.25) is 0 Å². The molecule has 0 aromatic carbocycles. The van der Waals surface area contributed by atoms with Gasteiger partial charge in [-0.05, 0) is 25.8 Å². The average molecular weight is 277 g/mol. The van der Waals surface area contributed by atoms with E-state index in [-0.39, 0.29) is 5.92 Å². The van der Waals surface area contributed by atoms with Gasteiger partial charge in [-0.1, -0.05) is 0 Å². The summed E-state index contributed by atoms with van der Waals surface area (Å²) in [7, 11) is 0. The lowest BCUT2D eigenvalue weighted by Gasteiger charge is -2.17. The third-order valence-corrected chi connectivity index (χ3v) is 4.90. The van der Waals surface area contributed by atoms with Crippen LogP contribution in [0.25, 0.3) is 10.2 Å². The van der Waals surface area contributed by atoms with E-state index in [1.165, 1.54) is 10.4 Å². The second-order valence-corrected chi connectivity index (χ2v) is 6.13. The molecular formula is C13H15N3O2S. The number of fused-ring (bicyclic) bond motifs is 1. The number of carboxylic acid groups (broad SMARTS) is 1. The molecule has 3 heterocycles. The zero-order valence-corrected chi connectivity index (χ0v) is 11.7. The highest BCUT2D eigenvalue weighted by atomic mass is 32.1. The van der Waals surface area contributed by atoms with E-state index >= 15 is 0 Å². The van der Waals surface area contributed by atoms with E-state index in [1.54, 1.807) is 17.7 Å². The van der Waals surface area contributed by atoms with Gasteiger partial charge in [0.25, 0.3) is 0 Å². The van der Waals surface area contributed by atoms with Gasteiger partial charge >= 0.3 is 5.97 Å². The van der Waals surface area contributed by atoms with Crippen molar-refractivity contribution in [1.82, 2.24) is 9.97 Å². The molecule has 100 valence electrons. The minimum absolute atomic E-state index is 0.287. The van der Waals surface area contributed by atoms with Gasteiger partial charge in [0.2, 0.25) is 0 Å². The topological polar surface area (TPSA) is 66.3 Å². The first-order valence-corrected chi connectivity index (χ1v) is 7.08. The molecule has 0 spiro atoms. The van der Waals surface area contributed by atoms with E-state index < -0.39 is 5.97 Å². The van der Waals surface area contributed by atoms with Gasteiger partial charge < -0.3 is 10.0 Å². The van der Waals surface area contributed by atoms with Gasteiger partial charge in [0.15, 0.2) is 0 Å². The number of aryl methyl sites for hydroxylation is 2. The molecule has 3 rings (SSSR count). The van der Waals surface area contributed by atoms with Crippen molar-refractivity contribution < 1.29 is 9.90 Å². The largest absolute Gasteiger partial charge is 0.481 e. The zero-order valence-electron chi connectivity index (χ0n) is 10.9. The van der Waals surface area contributed by atoms with E-state index in [9.17, 15) is 4.79 Å². The predicted molar refractivity (Wildman–Crippen MR) is 74.8 cm³/mol. The van der Waals surface area contributed by atoms with Crippen LogP contribution in [-0.2, 0) is 4.79 Å². The third-order valence-electron chi connectivity index (χ3n) is 3.78. The van der Waals surface area contributed by atoms with Crippen LogP contribution in [0.1, 0.15) is 16.9 Å². The molecule has 1 fully saturated rings. The number of rotatable bonds is 2. The van der Waals surface area contributed by atoms with Crippen molar-refractivity contribution in [2.24, 2.45) is 5.92 Å². The van der Waals surface area contributed by atoms with Gasteiger partial charge in [-0.3, -0.25) is 4.79 Å². The SMILES string of the molecule is Cc1sc2ncnc(N3CCC(C(=O)O)C3)c2c1C. The summed E-state index contributed by atoms with van der Waals surface area (Å²) in [6, 6.07) is 0. The lowest BCUT2D eigenvalue weighted by Crippen LogP contribution is -2.23. The summed E-state index contributed by atoms with van der Waals surface area (Å²) in [5.41, 5.74) is 1.20. The Morgan fingerprint density at radius 3 is 2.95 bits per heavy atom. The Labute approximate surface area is 114 Å². The first kappa shape index (κ1) is 12.3. The predicted octanol–water partition coefficient (Wildman–Crippen LogP) is 2.22. The minimum atomic E-state index is -0.717. The molecule has 0 bridgehead atoms. The molecule has 1 saturated heterocycles. The number of hydrogen-bond acceptors (Lipinski definition) is 5. The van der Waals surface area contributed by atoms with Crippen LogP contribution in [0, 0.1) is 19.8 Å². The second kappa shape index (κ2) is 4.45. The fourth-order valence-corrected chi connectivity index (χ4v) is 3.55. The average Bonchev–Trinajstić information content (AvgIpc) is 2.96. The highest BCUT2D eigenvalue weighted by molar-refractivity contribution is 7.18. The molecule has 5 nitrogen and oxygen atoms in total. The molecule has 0 radical (unpaired) electrons. The maximum Gasteiger partial charge on any atom is 0.308 e. The zero-order chi connectivity index (χ0) is 13.6. The molecule has 6 heteroatoms. The standard InChI is InChI=1S/C13H15N3O2S/c1-7-8(2)19-12-10(7)11(14-6-15-12)16-4-3-9(5-16)13(17)18/h6,9H,3-5H2,1-2H3,(H,17,18). The first-order chi connectivity index (χ1) is 9.08. The molecule has 1 atom stereocenters. The molecule has 2 aromatic heterocycles. The van der Waals surface area contributed by atoms with Gasteiger partial charge in [0, 0.05) is 18.0 Å². The van der Waals surface area contributed by atoms with Crippen LogP contribution in [0.4, 0.5) is 5.82 Å². The smallest absolute Gasteiger partial charge is 0.308 e. The van der Waals surface area contributed by atoms with Crippen molar-refractivity contribution >= 4 is 33.3 Å². The molecule has 19 heavy (non-hydrogen) atoms. The van der Waals surface area contributed by atoms with Crippen molar-refractivity contribution in [3.8, 4) is 0 Å². The van der Waals surface area contributed by atoms with E-state index in [0.29, 0.717) is 13.0 Å². The molecule has 0 aliphatic carbocycles. The fourth-order valence-electron chi connectivity index (χ4n) is 2.56. The molecule has 1 N–H and O–H groups in total. The minimum Gasteiger partial charge on any atom is -0.481 e. The van der Waals surface area contributed by atoms with E-state index in [4.69, 9.17) is 5.11 Å². The molecule has 0 amide bonds. The Hall–Kier alpha value is -1.69. The quantitative estimate of drug-likeness (QED) is 0.911. The highest BCUT2D eigenvalue weighted by Crippen LogP contribution is 2.35. The van der Waals surface area contributed by atoms with Crippen LogP contribution in [0.5, 0.6) is 0 Å². The van der Waals surface area contributed by atoms with Gasteiger partial charge in [0.1, 0.15) is 17.0 Å². The van der Waals surface area contributed by atoms with E-state index in [0.717, 1.165) is 22.6 Å². The number of thiophene rings is 1. The van der Waals surface area contributed by atoms with Crippen LogP contribution < -0.4 is 4.90 Å².